The second kappa shape index (κ2) is 4.21. The zero-order valence-corrected chi connectivity index (χ0v) is 8.03. The molecule has 0 radical (unpaired) electrons. The van der Waals surface area contributed by atoms with Crippen LogP contribution in [0.1, 0.15) is 5.56 Å². The zero-order chi connectivity index (χ0) is 10.6. The van der Waals surface area contributed by atoms with E-state index in [1.807, 2.05) is 0 Å². The highest BCUT2D eigenvalue weighted by Gasteiger charge is 2.11. The van der Waals surface area contributed by atoms with Gasteiger partial charge in [0.05, 0.1) is 6.42 Å². The van der Waals surface area contributed by atoms with Crippen molar-refractivity contribution in [2.75, 3.05) is 0 Å². The summed E-state index contributed by atoms with van der Waals surface area (Å²) in [4.78, 5) is 10.9. The Hall–Kier alpha value is -1.40. The fraction of sp³-hybridized carbons (Fsp3) is 0.125. The molecule has 5 nitrogen and oxygen atoms in total. The van der Waals surface area contributed by atoms with Gasteiger partial charge < -0.3 is 4.18 Å². The van der Waals surface area contributed by atoms with Gasteiger partial charge in [-0.05, 0) is 5.56 Å². The van der Waals surface area contributed by atoms with E-state index in [9.17, 15) is 13.2 Å². The number of nitrogens with two attached hydrogens (primary N) is 1. The molecule has 0 aliphatic heterocycles. The van der Waals surface area contributed by atoms with Crippen LogP contribution < -0.4 is 5.14 Å². The van der Waals surface area contributed by atoms with Crippen molar-refractivity contribution in [1.29, 1.82) is 0 Å². The van der Waals surface area contributed by atoms with Crippen LogP contribution in [0.5, 0.6) is 0 Å². The zero-order valence-electron chi connectivity index (χ0n) is 7.21. The maximum absolute atomic E-state index is 10.9. The maximum Gasteiger partial charge on any atom is 0.382 e. The smallest absolute Gasteiger partial charge is 0.334 e. The van der Waals surface area contributed by atoms with Crippen molar-refractivity contribution >= 4 is 16.3 Å². The Morgan fingerprint density at radius 1 is 1.29 bits per heavy atom. The highest BCUT2D eigenvalue weighted by Crippen LogP contribution is 2.01. The van der Waals surface area contributed by atoms with Crippen molar-refractivity contribution in [2.45, 2.75) is 6.42 Å². The Morgan fingerprint density at radius 3 is 2.36 bits per heavy atom. The normalized spacial score (nSPS) is 10.9. The van der Waals surface area contributed by atoms with Gasteiger partial charge >= 0.3 is 16.3 Å². The number of carbonyl (C=O) groups is 1. The highest BCUT2D eigenvalue weighted by atomic mass is 32.2. The SMILES string of the molecule is NS(=O)(=O)OC(=O)Cc1ccccc1. The molecule has 0 aliphatic rings. The molecular weight excluding hydrogens is 206 g/mol. The summed E-state index contributed by atoms with van der Waals surface area (Å²) in [5.41, 5.74) is 0.668. The van der Waals surface area contributed by atoms with E-state index in [0.717, 1.165) is 0 Å². The topological polar surface area (TPSA) is 86.5 Å². The lowest BCUT2D eigenvalue weighted by atomic mass is 10.2. The Bertz CT molecular complexity index is 412. The van der Waals surface area contributed by atoms with Crippen molar-refractivity contribution in [1.82, 2.24) is 0 Å². The minimum Gasteiger partial charge on any atom is -0.334 e. The van der Waals surface area contributed by atoms with Crippen LogP contribution in [0.3, 0.4) is 0 Å². The molecule has 76 valence electrons. The molecule has 0 fully saturated rings. The van der Waals surface area contributed by atoms with Gasteiger partial charge in [-0.25, -0.2) is 0 Å². The third-order valence-electron chi connectivity index (χ3n) is 1.40. The van der Waals surface area contributed by atoms with Crippen LogP contribution in [-0.2, 0) is 25.7 Å². The summed E-state index contributed by atoms with van der Waals surface area (Å²) in [5.74, 6) is -0.890. The number of rotatable bonds is 3. The first kappa shape index (κ1) is 10.7. The molecule has 0 saturated heterocycles. The van der Waals surface area contributed by atoms with Gasteiger partial charge in [0, 0.05) is 0 Å². The van der Waals surface area contributed by atoms with Crippen LogP contribution >= 0.6 is 0 Å². The van der Waals surface area contributed by atoms with Gasteiger partial charge in [0.2, 0.25) is 0 Å². The second-order valence-electron chi connectivity index (χ2n) is 2.61. The molecule has 0 unspecified atom stereocenters. The third kappa shape index (κ3) is 4.01. The second-order valence-corrected chi connectivity index (χ2v) is 3.76. The molecule has 1 rings (SSSR count). The molecule has 1 aromatic rings. The first-order valence-corrected chi connectivity index (χ1v) is 5.23. The first-order valence-electron chi connectivity index (χ1n) is 3.76. The number of hydrogen-bond donors (Lipinski definition) is 1. The van der Waals surface area contributed by atoms with Crippen LogP contribution in [0.15, 0.2) is 30.3 Å². The van der Waals surface area contributed by atoms with Crippen LogP contribution in [0.2, 0.25) is 0 Å². The van der Waals surface area contributed by atoms with Crippen LogP contribution in [-0.4, -0.2) is 14.4 Å². The summed E-state index contributed by atoms with van der Waals surface area (Å²) in [6.07, 6.45) is -0.114. The van der Waals surface area contributed by atoms with E-state index in [4.69, 9.17) is 0 Å². The summed E-state index contributed by atoms with van der Waals surface area (Å²) in [6.45, 7) is 0. The van der Waals surface area contributed by atoms with E-state index in [0.29, 0.717) is 5.56 Å². The lowest BCUT2D eigenvalue weighted by molar-refractivity contribution is -0.133. The lowest BCUT2D eigenvalue weighted by Gasteiger charge is -2.00. The summed E-state index contributed by atoms with van der Waals surface area (Å²) in [7, 11) is -4.19. The van der Waals surface area contributed by atoms with Crippen molar-refractivity contribution in [3.05, 3.63) is 35.9 Å². The largest absolute Gasteiger partial charge is 0.382 e. The Kier molecular flexibility index (Phi) is 3.21. The van der Waals surface area contributed by atoms with Gasteiger partial charge in [0.1, 0.15) is 0 Å². The van der Waals surface area contributed by atoms with E-state index < -0.39 is 16.3 Å². The lowest BCUT2D eigenvalue weighted by Crippen LogP contribution is -2.21. The van der Waals surface area contributed by atoms with Gasteiger partial charge in [-0.1, -0.05) is 30.3 Å². The molecule has 0 spiro atoms. The van der Waals surface area contributed by atoms with E-state index in [-0.39, 0.29) is 6.42 Å². The molecule has 0 atom stereocenters. The third-order valence-corrected chi connectivity index (χ3v) is 1.82. The number of benzene rings is 1. The standard InChI is InChI=1S/C8H9NO4S/c9-14(11,12)13-8(10)6-7-4-2-1-3-5-7/h1-5H,6H2,(H2,9,11,12). The van der Waals surface area contributed by atoms with E-state index in [1.54, 1.807) is 30.3 Å². The summed E-state index contributed by atoms with van der Waals surface area (Å²) in [5, 5.41) is 4.52. The summed E-state index contributed by atoms with van der Waals surface area (Å²) in [6, 6.07) is 8.63. The molecule has 0 aliphatic carbocycles. The predicted octanol–water partition coefficient (Wildman–Crippen LogP) is -0.0242. The number of hydrogen-bond acceptors (Lipinski definition) is 4. The number of carbonyl (C=O) groups excluding carboxylic acids is 1. The molecule has 0 amide bonds. The molecule has 0 saturated carbocycles. The van der Waals surface area contributed by atoms with Crippen LogP contribution in [0, 0.1) is 0 Å². The highest BCUT2D eigenvalue weighted by molar-refractivity contribution is 7.84. The molecule has 6 heteroatoms. The molecule has 2 N–H and O–H groups in total. The first-order chi connectivity index (χ1) is 6.47. The van der Waals surface area contributed by atoms with Gasteiger partial charge in [-0.2, -0.15) is 13.6 Å². The molecular formula is C8H9NO4S. The molecule has 1 aromatic carbocycles. The van der Waals surface area contributed by atoms with Crippen molar-refractivity contribution < 1.29 is 17.4 Å². The summed E-state index contributed by atoms with van der Waals surface area (Å²) < 4.78 is 24.7. The fourth-order valence-electron chi connectivity index (χ4n) is 0.922. The Balaban J connectivity index is 2.59. The van der Waals surface area contributed by atoms with Crippen molar-refractivity contribution in [3.63, 3.8) is 0 Å². The van der Waals surface area contributed by atoms with Gasteiger partial charge in [-0.3, -0.25) is 4.79 Å². The van der Waals surface area contributed by atoms with E-state index >= 15 is 0 Å². The van der Waals surface area contributed by atoms with E-state index in [2.05, 4.69) is 9.32 Å². The quantitative estimate of drug-likeness (QED) is 0.767. The van der Waals surface area contributed by atoms with Gasteiger partial charge in [-0.15, -0.1) is 0 Å². The minimum atomic E-state index is -4.19. The van der Waals surface area contributed by atoms with Crippen LogP contribution in [0.25, 0.3) is 0 Å². The van der Waals surface area contributed by atoms with Crippen molar-refractivity contribution in [3.8, 4) is 0 Å². The minimum absolute atomic E-state index is 0.114. The Labute approximate surface area is 81.7 Å². The average molecular weight is 215 g/mol. The van der Waals surface area contributed by atoms with Gasteiger partial charge in [0.15, 0.2) is 0 Å². The van der Waals surface area contributed by atoms with Gasteiger partial charge in [0.25, 0.3) is 0 Å². The molecule has 0 heterocycles. The van der Waals surface area contributed by atoms with Crippen LogP contribution in [0.4, 0.5) is 0 Å². The predicted molar refractivity (Wildman–Crippen MR) is 49.3 cm³/mol. The maximum atomic E-state index is 10.9. The molecule has 14 heavy (non-hydrogen) atoms. The van der Waals surface area contributed by atoms with Crippen molar-refractivity contribution in [2.24, 2.45) is 5.14 Å². The monoisotopic (exact) mass is 215 g/mol. The average Bonchev–Trinajstić information content (AvgIpc) is 2.02. The fourth-order valence-corrected chi connectivity index (χ4v) is 1.24. The Morgan fingerprint density at radius 2 is 1.86 bits per heavy atom. The van der Waals surface area contributed by atoms with E-state index in [1.165, 1.54) is 0 Å². The summed E-state index contributed by atoms with van der Waals surface area (Å²) >= 11 is 0. The molecule has 0 bridgehead atoms. The molecule has 0 aromatic heterocycles.